The molecular weight excluding hydrogens is 278 g/mol. The van der Waals surface area contributed by atoms with E-state index in [1.807, 2.05) is 0 Å². The molecule has 1 unspecified atom stereocenters. The molecule has 1 rings (SSSR count). The summed E-state index contributed by atoms with van der Waals surface area (Å²) in [6.07, 6.45) is 5.53. The zero-order chi connectivity index (χ0) is 12.7. The summed E-state index contributed by atoms with van der Waals surface area (Å²) in [5.74, 6) is 0. The van der Waals surface area contributed by atoms with Gasteiger partial charge in [0.05, 0.1) is 11.7 Å². The van der Waals surface area contributed by atoms with Crippen molar-refractivity contribution in [2.24, 2.45) is 0 Å². The van der Waals surface area contributed by atoms with E-state index in [1.54, 1.807) is 0 Å². The molecule has 0 saturated heterocycles. The molecule has 0 bridgehead atoms. The molecular formula is C13H24BrN3. The molecule has 4 heteroatoms. The molecule has 98 valence electrons. The minimum absolute atomic E-state index is 0.535. The van der Waals surface area contributed by atoms with Crippen molar-refractivity contribution in [2.75, 3.05) is 5.33 Å². The number of halogens is 1. The van der Waals surface area contributed by atoms with Gasteiger partial charge in [-0.3, -0.25) is 4.68 Å². The minimum atomic E-state index is 0.535. The second-order valence-electron chi connectivity index (χ2n) is 4.52. The van der Waals surface area contributed by atoms with Crippen LogP contribution in [-0.4, -0.2) is 21.2 Å². The van der Waals surface area contributed by atoms with Crippen LogP contribution >= 0.6 is 15.9 Å². The average Bonchev–Trinajstić information content (AvgIpc) is 2.77. The van der Waals surface area contributed by atoms with Crippen molar-refractivity contribution in [3.8, 4) is 0 Å². The van der Waals surface area contributed by atoms with Crippen LogP contribution in [0.2, 0.25) is 0 Å². The van der Waals surface area contributed by atoms with Gasteiger partial charge >= 0.3 is 0 Å². The fourth-order valence-corrected chi connectivity index (χ4v) is 2.57. The second-order valence-corrected chi connectivity index (χ2v) is 5.31. The summed E-state index contributed by atoms with van der Waals surface area (Å²) in [4.78, 5) is 0. The molecule has 0 spiro atoms. The Morgan fingerprint density at radius 3 is 2.71 bits per heavy atom. The lowest BCUT2D eigenvalue weighted by Gasteiger charge is -2.13. The molecule has 3 nitrogen and oxygen atoms in total. The highest BCUT2D eigenvalue weighted by Gasteiger charge is 2.08. The molecule has 0 aromatic carbocycles. The predicted octanol–water partition coefficient (Wildman–Crippen LogP) is 3.51. The molecule has 0 aliphatic rings. The Morgan fingerprint density at radius 2 is 2.12 bits per heavy atom. The highest BCUT2D eigenvalue weighted by atomic mass is 79.9. The maximum atomic E-state index is 4.63. The van der Waals surface area contributed by atoms with E-state index in [9.17, 15) is 0 Å². The molecule has 0 saturated carbocycles. The van der Waals surface area contributed by atoms with Gasteiger partial charge in [-0.2, -0.15) is 5.10 Å². The molecule has 1 atom stereocenters. The second kappa shape index (κ2) is 7.88. The van der Waals surface area contributed by atoms with Gasteiger partial charge in [-0.1, -0.05) is 29.8 Å². The lowest BCUT2D eigenvalue weighted by Crippen LogP contribution is -2.26. The van der Waals surface area contributed by atoms with Gasteiger partial charge in [0.15, 0.2) is 0 Å². The fraction of sp³-hybridized carbons (Fsp3) is 0.769. The van der Waals surface area contributed by atoms with Crippen LogP contribution in [0.3, 0.4) is 0 Å². The summed E-state index contributed by atoms with van der Waals surface area (Å²) in [5.41, 5.74) is 1.14. The molecule has 0 amide bonds. The van der Waals surface area contributed by atoms with E-state index in [-0.39, 0.29) is 0 Å². The van der Waals surface area contributed by atoms with E-state index in [0.717, 1.165) is 36.8 Å². The Hall–Kier alpha value is -0.350. The molecule has 0 aliphatic heterocycles. The average molecular weight is 302 g/mol. The molecule has 0 radical (unpaired) electrons. The van der Waals surface area contributed by atoms with E-state index < -0.39 is 0 Å². The zero-order valence-electron chi connectivity index (χ0n) is 11.1. The molecule has 1 heterocycles. The van der Waals surface area contributed by atoms with Crippen molar-refractivity contribution in [1.29, 1.82) is 0 Å². The predicted molar refractivity (Wildman–Crippen MR) is 76.6 cm³/mol. The van der Waals surface area contributed by atoms with Crippen molar-refractivity contribution in [3.05, 3.63) is 18.0 Å². The standard InChI is InChI=1S/C13H24BrN3/c1-4-13(5-2)17-9-7-12(16-17)10-15-11(3)6-8-14/h7,9,11,13,15H,4-6,8,10H2,1-3H3. The van der Waals surface area contributed by atoms with E-state index in [0.29, 0.717) is 12.1 Å². The van der Waals surface area contributed by atoms with Gasteiger partial charge in [0.25, 0.3) is 0 Å². The number of hydrogen-bond donors (Lipinski definition) is 1. The summed E-state index contributed by atoms with van der Waals surface area (Å²) in [6.45, 7) is 7.50. The maximum absolute atomic E-state index is 4.63. The topological polar surface area (TPSA) is 29.9 Å². The van der Waals surface area contributed by atoms with Crippen LogP contribution < -0.4 is 5.32 Å². The van der Waals surface area contributed by atoms with Gasteiger partial charge < -0.3 is 5.32 Å². The SMILES string of the molecule is CCC(CC)n1ccc(CNC(C)CCBr)n1. The number of nitrogens with one attached hydrogen (secondary N) is 1. The Balaban J connectivity index is 2.45. The van der Waals surface area contributed by atoms with Gasteiger partial charge in [0, 0.05) is 24.1 Å². The summed E-state index contributed by atoms with van der Waals surface area (Å²) in [6, 6.07) is 3.20. The van der Waals surface area contributed by atoms with Gasteiger partial charge in [-0.15, -0.1) is 0 Å². The number of nitrogens with zero attached hydrogens (tertiary/aromatic N) is 2. The normalized spacial score (nSPS) is 13.2. The molecule has 0 aliphatic carbocycles. The first-order valence-electron chi connectivity index (χ1n) is 6.54. The monoisotopic (exact) mass is 301 g/mol. The first kappa shape index (κ1) is 14.7. The number of rotatable bonds is 8. The largest absolute Gasteiger partial charge is 0.309 e. The highest BCUT2D eigenvalue weighted by Crippen LogP contribution is 2.14. The van der Waals surface area contributed by atoms with Crippen molar-refractivity contribution in [2.45, 2.75) is 58.7 Å². The van der Waals surface area contributed by atoms with E-state index in [1.165, 1.54) is 0 Å². The zero-order valence-corrected chi connectivity index (χ0v) is 12.7. The third-order valence-corrected chi connectivity index (χ3v) is 3.61. The van der Waals surface area contributed by atoms with Gasteiger partial charge in [-0.25, -0.2) is 0 Å². The molecule has 1 aromatic heterocycles. The summed E-state index contributed by atoms with van der Waals surface area (Å²) >= 11 is 3.46. The Kier molecular flexibility index (Phi) is 6.82. The van der Waals surface area contributed by atoms with Gasteiger partial charge in [0.2, 0.25) is 0 Å². The number of alkyl halides is 1. The molecule has 0 fully saturated rings. The molecule has 1 N–H and O–H groups in total. The van der Waals surface area contributed by atoms with Crippen molar-refractivity contribution in [1.82, 2.24) is 15.1 Å². The smallest absolute Gasteiger partial charge is 0.0762 e. The van der Waals surface area contributed by atoms with Crippen molar-refractivity contribution in [3.63, 3.8) is 0 Å². The minimum Gasteiger partial charge on any atom is -0.309 e. The van der Waals surface area contributed by atoms with Crippen molar-refractivity contribution < 1.29 is 0 Å². The van der Waals surface area contributed by atoms with Crippen LogP contribution in [0.25, 0.3) is 0 Å². The van der Waals surface area contributed by atoms with E-state index >= 15 is 0 Å². The van der Waals surface area contributed by atoms with Gasteiger partial charge in [-0.05, 0) is 32.3 Å². The highest BCUT2D eigenvalue weighted by molar-refractivity contribution is 9.09. The quantitative estimate of drug-likeness (QED) is 0.745. The van der Waals surface area contributed by atoms with Crippen LogP contribution in [0.1, 0.15) is 51.8 Å². The van der Waals surface area contributed by atoms with Gasteiger partial charge in [0.1, 0.15) is 0 Å². The molecule has 1 aromatic rings. The van der Waals surface area contributed by atoms with Crippen LogP contribution in [-0.2, 0) is 6.54 Å². The van der Waals surface area contributed by atoms with E-state index in [2.05, 4.69) is 64.1 Å². The van der Waals surface area contributed by atoms with Crippen molar-refractivity contribution >= 4 is 15.9 Å². The Bertz CT molecular complexity index is 307. The Labute approximate surface area is 113 Å². The lowest BCUT2D eigenvalue weighted by molar-refractivity contribution is 0.422. The van der Waals surface area contributed by atoms with Crippen LogP contribution in [0, 0.1) is 0 Å². The van der Waals surface area contributed by atoms with E-state index in [4.69, 9.17) is 0 Å². The molecule has 17 heavy (non-hydrogen) atoms. The summed E-state index contributed by atoms with van der Waals surface area (Å²) in [5, 5.41) is 9.15. The summed E-state index contributed by atoms with van der Waals surface area (Å²) < 4.78 is 2.10. The van der Waals surface area contributed by atoms with Crippen LogP contribution in [0.5, 0.6) is 0 Å². The lowest BCUT2D eigenvalue weighted by atomic mass is 10.2. The third-order valence-electron chi connectivity index (χ3n) is 3.15. The van der Waals surface area contributed by atoms with Crippen LogP contribution in [0.15, 0.2) is 12.3 Å². The third kappa shape index (κ3) is 4.80. The number of aromatic nitrogens is 2. The Morgan fingerprint density at radius 1 is 1.41 bits per heavy atom. The number of hydrogen-bond acceptors (Lipinski definition) is 2. The fourth-order valence-electron chi connectivity index (χ4n) is 1.88. The summed E-state index contributed by atoms with van der Waals surface area (Å²) in [7, 11) is 0. The maximum Gasteiger partial charge on any atom is 0.0762 e. The van der Waals surface area contributed by atoms with Crippen LogP contribution in [0.4, 0.5) is 0 Å². The first-order chi connectivity index (χ1) is 8.21. The first-order valence-corrected chi connectivity index (χ1v) is 7.66.